The standard InChI is InChI=1S/C17H18ClNO4S/c1-12(14-4-6-15(18)7-5-14)13(2)19-23-24(20,21)17-10-8-16(22-3)9-11-17/h4-12H,1-3H3/b19-13+. The van der Waals surface area contributed by atoms with Gasteiger partial charge in [-0.1, -0.05) is 35.8 Å². The number of hydrogen-bond donors (Lipinski definition) is 0. The molecule has 0 saturated carbocycles. The third-order valence-electron chi connectivity index (χ3n) is 3.62. The first-order chi connectivity index (χ1) is 11.3. The van der Waals surface area contributed by atoms with Crippen molar-refractivity contribution in [3.8, 4) is 5.75 Å². The Balaban J connectivity index is 2.13. The lowest BCUT2D eigenvalue weighted by Gasteiger charge is -2.11. The first-order valence-corrected chi connectivity index (χ1v) is 9.00. The summed E-state index contributed by atoms with van der Waals surface area (Å²) in [5, 5.41) is 4.42. The molecule has 7 heteroatoms. The monoisotopic (exact) mass is 367 g/mol. The molecule has 0 heterocycles. The van der Waals surface area contributed by atoms with Crippen molar-refractivity contribution in [2.45, 2.75) is 24.7 Å². The number of methoxy groups -OCH3 is 1. The van der Waals surface area contributed by atoms with Crippen LogP contribution in [0.25, 0.3) is 0 Å². The van der Waals surface area contributed by atoms with Crippen LogP contribution in [0.4, 0.5) is 0 Å². The number of rotatable bonds is 6. The maximum absolute atomic E-state index is 12.2. The smallest absolute Gasteiger partial charge is 0.358 e. The molecule has 0 aromatic heterocycles. The van der Waals surface area contributed by atoms with E-state index in [9.17, 15) is 8.42 Å². The SMILES string of the molecule is COc1ccc(S(=O)(=O)O/N=C(\C)C(C)c2ccc(Cl)cc2)cc1. The lowest BCUT2D eigenvalue weighted by Crippen LogP contribution is -2.09. The van der Waals surface area contributed by atoms with Gasteiger partial charge in [0.25, 0.3) is 0 Å². The molecule has 0 saturated heterocycles. The summed E-state index contributed by atoms with van der Waals surface area (Å²) in [6.45, 7) is 3.62. The molecule has 0 radical (unpaired) electrons. The van der Waals surface area contributed by atoms with Gasteiger partial charge in [0, 0.05) is 10.9 Å². The average Bonchev–Trinajstić information content (AvgIpc) is 2.60. The highest BCUT2D eigenvalue weighted by molar-refractivity contribution is 7.86. The topological polar surface area (TPSA) is 65.0 Å². The Hall–Kier alpha value is -2.05. The number of ether oxygens (including phenoxy) is 1. The fraction of sp³-hybridized carbons (Fsp3) is 0.235. The van der Waals surface area contributed by atoms with Gasteiger partial charge in [-0.25, -0.2) is 0 Å². The fourth-order valence-corrected chi connectivity index (χ4v) is 2.86. The lowest BCUT2D eigenvalue weighted by atomic mass is 9.97. The molecule has 0 N–H and O–H groups in total. The van der Waals surface area contributed by atoms with E-state index < -0.39 is 10.1 Å². The minimum absolute atomic E-state index is 0.0130. The van der Waals surface area contributed by atoms with Crippen LogP contribution in [-0.4, -0.2) is 21.2 Å². The van der Waals surface area contributed by atoms with Crippen molar-refractivity contribution < 1.29 is 17.4 Å². The van der Waals surface area contributed by atoms with Gasteiger partial charge in [-0.05, 0) is 48.9 Å². The van der Waals surface area contributed by atoms with Gasteiger partial charge >= 0.3 is 10.1 Å². The van der Waals surface area contributed by atoms with Crippen molar-refractivity contribution >= 4 is 27.4 Å². The van der Waals surface area contributed by atoms with Crippen LogP contribution in [0.15, 0.2) is 58.6 Å². The molecule has 1 atom stereocenters. The Morgan fingerprint density at radius 3 is 2.21 bits per heavy atom. The molecule has 2 aromatic carbocycles. The number of benzene rings is 2. The Morgan fingerprint density at radius 2 is 1.67 bits per heavy atom. The van der Waals surface area contributed by atoms with Gasteiger partial charge in [0.15, 0.2) is 0 Å². The van der Waals surface area contributed by atoms with Gasteiger partial charge in [0.05, 0.1) is 12.8 Å². The molecule has 24 heavy (non-hydrogen) atoms. The number of oxime groups is 1. The summed E-state index contributed by atoms with van der Waals surface area (Å²) in [6, 6.07) is 13.2. The van der Waals surface area contributed by atoms with Crippen molar-refractivity contribution in [3.63, 3.8) is 0 Å². The molecule has 0 aliphatic heterocycles. The minimum Gasteiger partial charge on any atom is -0.497 e. The van der Waals surface area contributed by atoms with Crippen LogP contribution in [0.5, 0.6) is 5.75 Å². The van der Waals surface area contributed by atoms with Crippen LogP contribution in [0.1, 0.15) is 25.3 Å². The van der Waals surface area contributed by atoms with E-state index in [-0.39, 0.29) is 10.8 Å². The molecule has 0 bridgehead atoms. The second-order valence-corrected chi connectivity index (χ2v) is 7.18. The first kappa shape index (κ1) is 18.3. The summed E-state index contributed by atoms with van der Waals surface area (Å²) in [4.78, 5) is 0.0130. The van der Waals surface area contributed by atoms with E-state index >= 15 is 0 Å². The molecular weight excluding hydrogens is 350 g/mol. The van der Waals surface area contributed by atoms with Gasteiger partial charge < -0.3 is 4.74 Å². The fourth-order valence-electron chi connectivity index (χ4n) is 1.96. The third kappa shape index (κ3) is 4.49. The van der Waals surface area contributed by atoms with Gasteiger partial charge in [-0.15, -0.1) is 0 Å². The van der Waals surface area contributed by atoms with E-state index in [2.05, 4.69) is 5.16 Å². The van der Waals surface area contributed by atoms with Crippen LogP contribution in [0, 0.1) is 0 Å². The molecule has 0 spiro atoms. The van der Waals surface area contributed by atoms with Gasteiger partial charge in [0.1, 0.15) is 10.6 Å². The number of nitrogens with zero attached hydrogens (tertiary/aromatic N) is 1. The van der Waals surface area contributed by atoms with Crippen molar-refractivity contribution in [1.29, 1.82) is 0 Å². The molecule has 0 aliphatic rings. The lowest BCUT2D eigenvalue weighted by molar-refractivity contribution is 0.336. The molecule has 2 rings (SSSR count). The third-order valence-corrected chi connectivity index (χ3v) is 5.00. The van der Waals surface area contributed by atoms with Crippen molar-refractivity contribution in [3.05, 3.63) is 59.1 Å². The summed E-state index contributed by atoms with van der Waals surface area (Å²) >= 11 is 5.86. The zero-order chi connectivity index (χ0) is 17.7. The van der Waals surface area contributed by atoms with E-state index in [4.69, 9.17) is 20.6 Å². The zero-order valence-electron chi connectivity index (χ0n) is 13.6. The summed E-state index contributed by atoms with van der Waals surface area (Å²) in [6.07, 6.45) is 0. The summed E-state index contributed by atoms with van der Waals surface area (Å²) in [5.41, 5.74) is 1.50. The molecule has 5 nitrogen and oxygen atoms in total. The zero-order valence-corrected chi connectivity index (χ0v) is 15.1. The quantitative estimate of drug-likeness (QED) is 0.566. The first-order valence-electron chi connectivity index (χ1n) is 7.21. The van der Waals surface area contributed by atoms with Crippen LogP contribution in [-0.2, 0) is 14.4 Å². The van der Waals surface area contributed by atoms with Crippen molar-refractivity contribution in [2.24, 2.45) is 5.16 Å². The highest BCUT2D eigenvalue weighted by Crippen LogP contribution is 2.21. The van der Waals surface area contributed by atoms with Crippen LogP contribution >= 0.6 is 11.6 Å². The molecule has 2 aromatic rings. The predicted octanol–water partition coefficient (Wildman–Crippen LogP) is 4.23. The predicted molar refractivity (Wildman–Crippen MR) is 94.2 cm³/mol. The summed E-state index contributed by atoms with van der Waals surface area (Å²) < 4.78 is 34.1. The minimum atomic E-state index is -3.97. The molecule has 0 amide bonds. The largest absolute Gasteiger partial charge is 0.497 e. The summed E-state index contributed by atoms with van der Waals surface area (Å²) in [7, 11) is -2.46. The highest BCUT2D eigenvalue weighted by atomic mass is 35.5. The Morgan fingerprint density at radius 1 is 1.08 bits per heavy atom. The van der Waals surface area contributed by atoms with E-state index in [0.717, 1.165) is 5.56 Å². The average molecular weight is 368 g/mol. The van der Waals surface area contributed by atoms with Gasteiger partial charge in [-0.3, -0.25) is 4.28 Å². The van der Waals surface area contributed by atoms with E-state index in [1.54, 1.807) is 31.2 Å². The van der Waals surface area contributed by atoms with Crippen LogP contribution < -0.4 is 4.74 Å². The number of halogens is 1. The molecule has 1 unspecified atom stereocenters. The maximum Gasteiger partial charge on any atom is 0.358 e. The molecule has 128 valence electrons. The van der Waals surface area contributed by atoms with E-state index in [1.165, 1.54) is 19.2 Å². The number of hydrogen-bond acceptors (Lipinski definition) is 5. The van der Waals surface area contributed by atoms with Gasteiger partial charge in [0.2, 0.25) is 0 Å². The molecule has 0 fully saturated rings. The van der Waals surface area contributed by atoms with Gasteiger partial charge in [-0.2, -0.15) is 8.42 Å². The van der Waals surface area contributed by atoms with Crippen molar-refractivity contribution in [1.82, 2.24) is 0 Å². The van der Waals surface area contributed by atoms with E-state index in [0.29, 0.717) is 16.5 Å². The Kier molecular flexibility index (Phi) is 5.85. The van der Waals surface area contributed by atoms with Crippen LogP contribution in [0.3, 0.4) is 0 Å². The highest BCUT2D eigenvalue weighted by Gasteiger charge is 2.17. The Bertz CT molecular complexity index is 815. The van der Waals surface area contributed by atoms with Crippen LogP contribution in [0.2, 0.25) is 5.02 Å². The maximum atomic E-state index is 12.2. The normalized spacial score (nSPS) is 13.4. The van der Waals surface area contributed by atoms with E-state index in [1.807, 2.05) is 19.1 Å². The second-order valence-electron chi connectivity index (χ2n) is 5.21. The Labute approximate surface area is 147 Å². The molecular formula is C17H18ClNO4S. The second kappa shape index (κ2) is 7.68. The van der Waals surface area contributed by atoms with Crippen molar-refractivity contribution in [2.75, 3.05) is 7.11 Å². The summed E-state index contributed by atoms with van der Waals surface area (Å²) in [5.74, 6) is 0.457. The molecule has 0 aliphatic carbocycles.